The Labute approximate surface area is 94.4 Å². The van der Waals surface area contributed by atoms with Gasteiger partial charge in [-0.2, -0.15) is 0 Å². The molecule has 0 N–H and O–H groups in total. The van der Waals surface area contributed by atoms with Crippen LogP contribution in [0.25, 0.3) is 0 Å². The highest BCUT2D eigenvalue weighted by molar-refractivity contribution is 5.72. The minimum absolute atomic E-state index is 0.0000926. The Hall–Kier alpha value is -0.530. The lowest BCUT2D eigenvalue weighted by atomic mass is 9.95. The standard InChI is InChI=1S/C13H26O2/c1-6-11(9-10(4)5)13(14)15-12(7-2)8-3/h10-12H,6-9H2,1-5H3. The van der Waals surface area contributed by atoms with Crippen molar-refractivity contribution < 1.29 is 9.53 Å². The Morgan fingerprint density at radius 1 is 1.07 bits per heavy atom. The summed E-state index contributed by atoms with van der Waals surface area (Å²) in [5.74, 6) is 0.648. The van der Waals surface area contributed by atoms with Crippen molar-refractivity contribution in [1.29, 1.82) is 0 Å². The fourth-order valence-corrected chi connectivity index (χ4v) is 1.71. The highest BCUT2D eigenvalue weighted by atomic mass is 16.5. The van der Waals surface area contributed by atoms with Gasteiger partial charge in [0.15, 0.2) is 0 Å². The molecule has 90 valence electrons. The number of hydrogen-bond donors (Lipinski definition) is 0. The first kappa shape index (κ1) is 14.5. The molecule has 0 fully saturated rings. The Bertz CT molecular complexity index is 171. The summed E-state index contributed by atoms with van der Waals surface area (Å²) in [6.45, 7) is 10.5. The van der Waals surface area contributed by atoms with E-state index in [0.29, 0.717) is 5.92 Å². The highest BCUT2D eigenvalue weighted by Crippen LogP contribution is 2.18. The average molecular weight is 214 g/mol. The van der Waals surface area contributed by atoms with E-state index in [1.54, 1.807) is 0 Å². The van der Waals surface area contributed by atoms with Gasteiger partial charge >= 0.3 is 5.97 Å². The third-order valence-electron chi connectivity index (χ3n) is 2.78. The molecular weight excluding hydrogens is 188 g/mol. The SMILES string of the molecule is CCC(CC)OC(=O)C(CC)CC(C)C. The molecule has 2 nitrogen and oxygen atoms in total. The molecule has 0 aliphatic heterocycles. The number of esters is 1. The van der Waals surface area contributed by atoms with Gasteiger partial charge in [0.1, 0.15) is 6.10 Å². The largest absolute Gasteiger partial charge is 0.462 e. The van der Waals surface area contributed by atoms with E-state index in [-0.39, 0.29) is 18.0 Å². The van der Waals surface area contributed by atoms with Crippen molar-refractivity contribution >= 4 is 5.97 Å². The van der Waals surface area contributed by atoms with Crippen molar-refractivity contribution in [3.63, 3.8) is 0 Å². The monoisotopic (exact) mass is 214 g/mol. The lowest BCUT2D eigenvalue weighted by Crippen LogP contribution is -2.24. The van der Waals surface area contributed by atoms with Crippen molar-refractivity contribution in [3.05, 3.63) is 0 Å². The second kappa shape index (κ2) is 7.72. The summed E-state index contributed by atoms with van der Waals surface area (Å²) >= 11 is 0. The lowest BCUT2D eigenvalue weighted by Gasteiger charge is -2.20. The maximum Gasteiger partial charge on any atom is 0.309 e. The van der Waals surface area contributed by atoms with Gasteiger partial charge in [0.05, 0.1) is 5.92 Å². The van der Waals surface area contributed by atoms with E-state index in [1.807, 2.05) is 0 Å². The zero-order valence-corrected chi connectivity index (χ0v) is 10.9. The summed E-state index contributed by atoms with van der Waals surface area (Å²) in [5.41, 5.74) is 0. The van der Waals surface area contributed by atoms with Crippen LogP contribution in [0.15, 0.2) is 0 Å². The van der Waals surface area contributed by atoms with Crippen molar-refractivity contribution in [2.75, 3.05) is 0 Å². The quantitative estimate of drug-likeness (QED) is 0.603. The fourth-order valence-electron chi connectivity index (χ4n) is 1.71. The van der Waals surface area contributed by atoms with Crippen LogP contribution in [-0.4, -0.2) is 12.1 Å². The van der Waals surface area contributed by atoms with Crippen LogP contribution in [0.3, 0.4) is 0 Å². The summed E-state index contributed by atoms with van der Waals surface area (Å²) in [4.78, 5) is 11.8. The van der Waals surface area contributed by atoms with Gasteiger partial charge in [0.25, 0.3) is 0 Å². The summed E-state index contributed by atoms with van der Waals surface area (Å²) in [5, 5.41) is 0. The molecule has 0 rings (SSSR count). The van der Waals surface area contributed by atoms with Crippen LogP contribution in [0, 0.1) is 11.8 Å². The molecule has 0 amide bonds. The van der Waals surface area contributed by atoms with Gasteiger partial charge in [-0.1, -0.05) is 34.6 Å². The molecule has 0 radical (unpaired) electrons. The summed E-state index contributed by atoms with van der Waals surface area (Å²) in [6.07, 6.45) is 3.77. The zero-order chi connectivity index (χ0) is 11.8. The van der Waals surface area contributed by atoms with Crippen LogP contribution in [-0.2, 0) is 9.53 Å². The van der Waals surface area contributed by atoms with Gasteiger partial charge in [-0.25, -0.2) is 0 Å². The van der Waals surface area contributed by atoms with Crippen molar-refractivity contribution in [3.8, 4) is 0 Å². The maximum absolute atomic E-state index is 11.8. The average Bonchev–Trinajstić information content (AvgIpc) is 2.21. The molecule has 0 saturated heterocycles. The van der Waals surface area contributed by atoms with E-state index in [1.165, 1.54) is 0 Å². The second-order valence-corrected chi connectivity index (χ2v) is 4.61. The molecule has 2 heteroatoms. The third-order valence-corrected chi connectivity index (χ3v) is 2.78. The van der Waals surface area contributed by atoms with E-state index in [2.05, 4.69) is 34.6 Å². The van der Waals surface area contributed by atoms with Crippen molar-refractivity contribution in [2.45, 2.75) is 66.4 Å². The van der Waals surface area contributed by atoms with Crippen LogP contribution in [0.2, 0.25) is 0 Å². The van der Waals surface area contributed by atoms with E-state index in [0.717, 1.165) is 25.7 Å². The number of carbonyl (C=O) groups is 1. The van der Waals surface area contributed by atoms with Gasteiger partial charge in [0, 0.05) is 0 Å². The first-order valence-electron chi connectivity index (χ1n) is 6.25. The smallest absolute Gasteiger partial charge is 0.309 e. The molecule has 0 aliphatic carbocycles. The van der Waals surface area contributed by atoms with E-state index >= 15 is 0 Å². The predicted octanol–water partition coefficient (Wildman–Crippen LogP) is 3.79. The Balaban J connectivity index is 4.14. The number of hydrogen-bond acceptors (Lipinski definition) is 2. The Morgan fingerprint density at radius 2 is 1.60 bits per heavy atom. The summed E-state index contributed by atoms with van der Waals surface area (Å²) in [7, 11) is 0. The van der Waals surface area contributed by atoms with Crippen LogP contribution in [0.5, 0.6) is 0 Å². The molecule has 0 spiro atoms. The predicted molar refractivity (Wildman–Crippen MR) is 63.7 cm³/mol. The first-order valence-corrected chi connectivity index (χ1v) is 6.25. The zero-order valence-electron chi connectivity index (χ0n) is 10.9. The van der Waals surface area contributed by atoms with Crippen molar-refractivity contribution in [1.82, 2.24) is 0 Å². The van der Waals surface area contributed by atoms with Crippen molar-refractivity contribution in [2.24, 2.45) is 11.8 Å². The van der Waals surface area contributed by atoms with E-state index in [9.17, 15) is 4.79 Å². The highest BCUT2D eigenvalue weighted by Gasteiger charge is 2.21. The third kappa shape index (κ3) is 5.81. The summed E-state index contributed by atoms with van der Waals surface area (Å²) in [6, 6.07) is 0. The van der Waals surface area contributed by atoms with Crippen LogP contribution in [0.1, 0.15) is 60.3 Å². The molecule has 15 heavy (non-hydrogen) atoms. The minimum Gasteiger partial charge on any atom is -0.462 e. The Kier molecular flexibility index (Phi) is 7.45. The number of carbonyl (C=O) groups excluding carboxylic acids is 1. The van der Waals surface area contributed by atoms with E-state index in [4.69, 9.17) is 4.74 Å². The van der Waals surface area contributed by atoms with Gasteiger partial charge < -0.3 is 4.74 Å². The van der Waals surface area contributed by atoms with E-state index < -0.39 is 0 Å². The molecule has 1 atom stereocenters. The first-order chi connectivity index (χ1) is 7.04. The lowest BCUT2D eigenvalue weighted by molar-refractivity contribution is -0.155. The topological polar surface area (TPSA) is 26.3 Å². The minimum atomic E-state index is -0.0000926. The molecule has 0 aliphatic rings. The molecule has 0 aromatic rings. The summed E-state index contributed by atoms with van der Waals surface area (Å²) < 4.78 is 5.46. The molecule has 0 aromatic heterocycles. The number of rotatable bonds is 7. The normalized spacial score (nSPS) is 13.3. The van der Waals surface area contributed by atoms with Crippen LogP contribution >= 0.6 is 0 Å². The molecule has 0 bridgehead atoms. The van der Waals surface area contributed by atoms with Gasteiger partial charge in [0.2, 0.25) is 0 Å². The molecule has 0 saturated carbocycles. The molecule has 1 unspecified atom stereocenters. The molecule has 0 heterocycles. The van der Waals surface area contributed by atoms with Gasteiger partial charge in [-0.3, -0.25) is 4.79 Å². The number of ether oxygens (including phenoxy) is 1. The van der Waals surface area contributed by atoms with Gasteiger partial charge in [-0.15, -0.1) is 0 Å². The van der Waals surface area contributed by atoms with Gasteiger partial charge in [-0.05, 0) is 31.6 Å². The van der Waals surface area contributed by atoms with Crippen LogP contribution in [0.4, 0.5) is 0 Å². The molecule has 0 aromatic carbocycles. The Morgan fingerprint density at radius 3 is 1.93 bits per heavy atom. The van der Waals surface area contributed by atoms with Crippen LogP contribution < -0.4 is 0 Å². The second-order valence-electron chi connectivity index (χ2n) is 4.61. The maximum atomic E-state index is 11.8. The molecular formula is C13H26O2. The fraction of sp³-hybridized carbons (Fsp3) is 0.923.